The van der Waals surface area contributed by atoms with E-state index in [9.17, 15) is 8.42 Å². The summed E-state index contributed by atoms with van der Waals surface area (Å²) >= 11 is 0. The molecule has 1 rings (SSSR count). The van der Waals surface area contributed by atoms with Gasteiger partial charge in [0.25, 0.3) is 0 Å². The third kappa shape index (κ3) is 5.92. The Labute approximate surface area is 108 Å². The second kappa shape index (κ2) is 6.65. The lowest BCUT2D eigenvalue weighted by molar-refractivity contribution is 0.589. The molecule has 2 N–H and O–H groups in total. The van der Waals surface area contributed by atoms with Crippen LogP contribution in [0.3, 0.4) is 0 Å². The van der Waals surface area contributed by atoms with Crippen molar-refractivity contribution in [2.75, 3.05) is 24.7 Å². The minimum Gasteiger partial charge on any atom is -0.369 e. The van der Waals surface area contributed by atoms with E-state index in [-0.39, 0.29) is 0 Å². The SMILES string of the molecule is CCCc1cc(NCCNS(C)(=O)=O)nc(C)n1. The van der Waals surface area contributed by atoms with Crippen LogP contribution in [0.25, 0.3) is 0 Å². The Kier molecular flexibility index (Phi) is 5.49. The van der Waals surface area contributed by atoms with Crippen LogP contribution in [0.4, 0.5) is 5.82 Å². The number of sulfonamides is 1. The summed E-state index contributed by atoms with van der Waals surface area (Å²) in [7, 11) is -3.13. The lowest BCUT2D eigenvalue weighted by atomic mass is 10.2. The number of aromatic nitrogens is 2. The molecule has 0 bridgehead atoms. The molecule has 0 fully saturated rings. The molecule has 0 unspecified atom stereocenters. The maximum atomic E-state index is 10.9. The summed E-state index contributed by atoms with van der Waals surface area (Å²) in [6.45, 7) is 4.78. The fraction of sp³-hybridized carbons (Fsp3) is 0.636. The standard InChI is InChI=1S/C11H20N4O2S/c1-4-5-10-8-11(15-9(2)14-10)12-6-7-13-18(3,16)17/h8,13H,4-7H2,1-3H3,(H,12,14,15). The summed E-state index contributed by atoms with van der Waals surface area (Å²) in [5.41, 5.74) is 1.00. The van der Waals surface area contributed by atoms with Crippen molar-refractivity contribution in [3.8, 4) is 0 Å². The molecule has 0 saturated heterocycles. The van der Waals surface area contributed by atoms with Crippen molar-refractivity contribution in [2.45, 2.75) is 26.7 Å². The van der Waals surface area contributed by atoms with Crippen molar-refractivity contribution in [1.29, 1.82) is 0 Å². The maximum absolute atomic E-state index is 10.9. The van der Waals surface area contributed by atoms with Crippen LogP contribution in [0, 0.1) is 6.92 Å². The van der Waals surface area contributed by atoms with Gasteiger partial charge < -0.3 is 5.32 Å². The molecule has 1 aromatic heterocycles. The van der Waals surface area contributed by atoms with Crippen LogP contribution in [-0.4, -0.2) is 37.7 Å². The van der Waals surface area contributed by atoms with Gasteiger partial charge in [0.1, 0.15) is 11.6 Å². The van der Waals surface area contributed by atoms with Crippen LogP contribution < -0.4 is 10.0 Å². The van der Waals surface area contributed by atoms with Crippen molar-refractivity contribution in [1.82, 2.24) is 14.7 Å². The zero-order chi connectivity index (χ0) is 13.6. The largest absolute Gasteiger partial charge is 0.369 e. The second-order valence-corrected chi connectivity index (χ2v) is 5.97. The van der Waals surface area contributed by atoms with Gasteiger partial charge in [-0.3, -0.25) is 0 Å². The van der Waals surface area contributed by atoms with Crippen LogP contribution in [0.2, 0.25) is 0 Å². The van der Waals surface area contributed by atoms with Crippen molar-refractivity contribution in [3.63, 3.8) is 0 Å². The van der Waals surface area contributed by atoms with E-state index in [0.29, 0.717) is 13.1 Å². The van der Waals surface area contributed by atoms with Crippen LogP contribution in [0.15, 0.2) is 6.07 Å². The molecule has 0 spiro atoms. The van der Waals surface area contributed by atoms with Crippen molar-refractivity contribution in [2.24, 2.45) is 0 Å². The monoisotopic (exact) mass is 272 g/mol. The predicted molar refractivity (Wildman–Crippen MR) is 72.1 cm³/mol. The van der Waals surface area contributed by atoms with E-state index in [2.05, 4.69) is 26.9 Å². The van der Waals surface area contributed by atoms with E-state index in [1.807, 2.05) is 13.0 Å². The maximum Gasteiger partial charge on any atom is 0.208 e. The molecule has 7 heteroatoms. The minimum absolute atomic E-state index is 0.338. The Morgan fingerprint density at radius 2 is 2.00 bits per heavy atom. The number of hydrogen-bond donors (Lipinski definition) is 2. The predicted octanol–water partition coefficient (Wildman–Crippen LogP) is 0.699. The molecular weight excluding hydrogens is 252 g/mol. The molecule has 6 nitrogen and oxygen atoms in total. The highest BCUT2D eigenvalue weighted by molar-refractivity contribution is 7.88. The topological polar surface area (TPSA) is 84.0 Å². The quantitative estimate of drug-likeness (QED) is 0.714. The van der Waals surface area contributed by atoms with Crippen molar-refractivity contribution >= 4 is 15.8 Å². The Hall–Kier alpha value is -1.21. The zero-order valence-electron chi connectivity index (χ0n) is 11.0. The van der Waals surface area contributed by atoms with Crippen LogP contribution in [-0.2, 0) is 16.4 Å². The number of hydrogen-bond acceptors (Lipinski definition) is 5. The molecule has 0 radical (unpaired) electrons. The summed E-state index contributed by atoms with van der Waals surface area (Å²) in [5, 5.41) is 3.08. The van der Waals surface area contributed by atoms with Gasteiger partial charge in [0, 0.05) is 24.8 Å². The van der Waals surface area contributed by atoms with E-state index < -0.39 is 10.0 Å². The number of anilines is 1. The van der Waals surface area contributed by atoms with E-state index >= 15 is 0 Å². The highest BCUT2D eigenvalue weighted by Gasteiger charge is 2.02. The average molecular weight is 272 g/mol. The van der Waals surface area contributed by atoms with Gasteiger partial charge in [0.05, 0.1) is 6.26 Å². The Morgan fingerprint density at radius 1 is 1.28 bits per heavy atom. The number of rotatable bonds is 7. The summed E-state index contributed by atoms with van der Waals surface area (Å²) < 4.78 is 24.2. The molecule has 0 saturated carbocycles. The smallest absolute Gasteiger partial charge is 0.208 e. The third-order valence-electron chi connectivity index (χ3n) is 2.19. The molecule has 0 aliphatic heterocycles. The number of nitrogens with zero attached hydrogens (tertiary/aromatic N) is 2. The molecule has 0 aromatic carbocycles. The van der Waals surface area contributed by atoms with Gasteiger partial charge in [0.2, 0.25) is 10.0 Å². The van der Waals surface area contributed by atoms with Gasteiger partial charge in [-0.15, -0.1) is 0 Å². The molecule has 0 aliphatic rings. The van der Waals surface area contributed by atoms with Gasteiger partial charge in [0.15, 0.2) is 0 Å². The molecule has 1 aromatic rings. The Bertz CT molecular complexity index is 488. The second-order valence-electron chi connectivity index (χ2n) is 4.14. The van der Waals surface area contributed by atoms with Crippen molar-refractivity contribution < 1.29 is 8.42 Å². The summed E-state index contributed by atoms with van der Waals surface area (Å²) in [6.07, 6.45) is 3.09. The molecule has 0 aliphatic carbocycles. The third-order valence-corrected chi connectivity index (χ3v) is 2.92. The van der Waals surface area contributed by atoms with E-state index in [1.165, 1.54) is 0 Å². The molecule has 0 atom stereocenters. The molecule has 0 amide bonds. The molecule has 102 valence electrons. The highest BCUT2D eigenvalue weighted by atomic mass is 32.2. The van der Waals surface area contributed by atoms with E-state index in [0.717, 1.165) is 36.4 Å². The highest BCUT2D eigenvalue weighted by Crippen LogP contribution is 2.07. The average Bonchev–Trinajstić information content (AvgIpc) is 2.23. The Morgan fingerprint density at radius 3 is 2.61 bits per heavy atom. The minimum atomic E-state index is -3.13. The Balaban J connectivity index is 2.51. The van der Waals surface area contributed by atoms with Gasteiger partial charge >= 0.3 is 0 Å². The first kappa shape index (κ1) is 14.8. The lowest BCUT2D eigenvalue weighted by Crippen LogP contribution is -2.27. The summed E-state index contributed by atoms with van der Waals surface area (Å²) in [5.74, 6) is 1.46. The van der Waals surface area contributed by atoms with E-state index in [4.69, 9.17) is 0 Å². The zero-order valence-corrected chi connectivity index (χ0v) is 11.8. The van der Waals surface area contributed by atoms with Crippen LogP contribution >= 0.6 is 0 Å². The van der Waals surface area contributed by atoms with Crippen molar-refractivity contribution in [3.05, 3.63) is 17.6 Å². The van der Waals surface area contributed by atoms with Gasteiger partial charge in [-0.2, -0.15) is 0 Å². The first-order valence-corrected chi connectivity index (χ1v) is 7.83. The van der Waals surface area contributed by atoms with E-state index in [1.54, 1.807) is 0 Å². The molecular formula is C11H20N4O2S. The first-order chi connectivity index (χ1) is 8.40. The lowest BCUT2D eigenvalue weighted by Gasteiger charge is -2.08. The fourth-order valence-corrected chi connectivity index (χ4v) is 2.00. The van der Waals surface area contributed by atoms with Gasteiger partial charge in [-0.05, 0) is 13.3 Å². The number of aryl methyl sites for hydroxylation is 2. The summed E-state index contributed by atoms with van der Waals surface area (Å²) in [6, 6.07) is 1.90. The normalized spacial score (nSPS) is 11.5. The van der Waals surface area contributed by atoms with Crippen LogP contribution in [0.1, 0.15) is 24.9 Å². The van der Waals surface area contributed by atoms with Gasteiger partial charge in [-0.25, -0.2) is 23.1 Å². The first-order valence-electron chi connectivity index (χ1n) is 5.94. The number of nitrogens with one attached hydrogen (secondary N) is 2. The summed E-state index contributed by atoms with van der Waals surface area (Å²) in [4.78, 5) is 8.58. The van der Waals surface area contributed by atoms with Crippen LogP contribution in [0.5, 0.6) is 0 Å². The fourth-order valence-electron chi connectivity index (χ4n) is 1.53. The molecule has 18 heavy (non-hydrogen) atoms. The van der Waals surface area contributed by atoms with Gasteiger partial charge in [-0.1, -0.05) is 13.3 Å². The molecule has 1 heterocycles.